The lowest BCUT2D eigenvalue weighted by Crippen LogP contribution is -2.51. The third-order valence-corrected chi connectivity index (χ3v) is 5.20. The summed E-state index contributed by atoms with van der Waals surface area (Å²) in [7, 11) is 0. The third kappa shape index (κ3) is 5.20. The summed E-state index contributed by atoms with van der Waals surface area (Å²) in [6.45, 7) is 5.43. The molecule has 1 saturated heterocycles. The molecule has 2 N–H and O–H groups in total. The van der Waals surface area contributed by atoms with E-state index < -0.39 is 0 Å². The van der Waals surface area contributed by atoms with Crippen molar-refractivity contribution in [1.82, 2.24) is 15.6 Å². The van der Waals surface area contributed by atoms with E-state index in [4.69, 9.17) is 9.41 Å². The average molecular weight is 404 g/mol. The Kier molecular flexibility index (Phi) is 6.65. The van der Waals surface area contributed by atoms with Gasteiger partial charge in [0.05, 0.1) is 6.54 Å². The van der Waals surface area contributed by atoms with Crippen LogP contribution < -0.4 is 15.5 Å². The molecule has 30 heavy (non-hydrogen) atoms. The highest BCUT2D eigenvalue weighted by atomic mass is 16.3. The molecule has 2 heterocycles. The average Bonchev–Trinajstić information content (AvgIpc) is 3.28. The number of oxazole rings is 1. The Morgan fingerprint density at radius 1 is 1.13 bits per heavy atom. The summed E-state index contributed by atoms with van der Waals surface area (Å²) in [4.78, 5) is 11.7. The van der Waals surface area contributed by atoms with E-state index in [-0.39, 0.29) is 0 Å². The molecule has 0 aliphatic carbocycles. The summed E-state index contributed by atoms with van der Waals surface area (Å²) in [5.41, 5.74) is 3.07. The van der Waals surface area contributed by atoms with Gasteiger partial charge in [-0.25, -0.2) is 9.98 Å². The number of nitrogens with zero attached hydrogens (tertiary/aromatic N) is 3. The third-order valence-electron chi connectivity index (χ3n) is 5.20. The van der Waals surface area contributed by atoms with Crippen LogP contribution in [-0.2, 0) is 6.54 Å². The van der Waals surface area contributed by atoms with E-state index in [2.05, 4.69) is 57.8 Å². The minimum atomic E-state index is 0.356. The van der Waals surface area contributed by atoms with Crippen molar-refractivity contribution >= 4 is 11.6 Å². The number of piperidine rings is 1. The molecule has 3 aromatic rings. The number of guanidine groups is 1. The SMILES string of the molecule is CCNC(=NCc1coc(-c2ccccc2)n1)NC1CCCN(c2ccccc2)C1. The highest BCUT2D eigenvalue weighted by Crippen LogP contribution is 2.20. The molecule has 2 aromatic carbocycles. The van der Waals surface area contributed by atoms with E-state index in [1.165, 1.54) is 5.69 Å². The van der Waals surface area contributed by atoms with Gasteiger partial charge in [-0.2, -0.15) is 0 Å². The summed E-state index contributed by atoms with van der Waals surface area (Å²) < 4.78 is 5.63. The number of rotatable bonds is 6. The largest absolute Gasteiger partial charge is 0.444 e. The van der Waals surface area contributed by atoms with E-state index in [9.17, 15) is 0 Å². The van der Waals surface area contributed by atoms with E-state index in [1.807, 2.05) is 30.3 Å². The van der Waals surface area contributed by atoms with E-state index >= 15 is 0 Å². The van der Waals surface area contributed by atoms with Crippen molar-refractivity contribution in [2.45, 2.75) is 32.4 Å². The molecule has 1 unspecified atom stereocenters. The van der Waals surface area contributed by atoms with E-state index in [1.54, 1.807) is 6.26 Å². The Morgan fingerprint density at radius 2 is 1.90 bits per heavy atom. The molecule has 1 atom stereocenters. The molecule has 0 amide bonds. The number of aromatic nitrogens is 1. The zero-order valence-electron chi connectivity index (χ0n) is 17.4. The highest BCUT2D eigenvalue weighted by molar-refractivity contribution is 5.80. The van der Waals surface area contributed by atoms with Crippen LogP contribution in [0.3, 0.4) is 0 Å². The van der Waals surface area contributed by atoms with Gasteiger partial charge in [0.1, 0.15) is 12.0 Å². The van der Waals surface area contributed by atoms with Crippen molar-refractivity contribution in [3.8, 4) is 11.5 Å². The maximum atomic E-state index is 5.63. The monoisotopic (exact) mass is 403 g/mol. The standard InChI is InChI=1S/C24H29N5O/c1-2-25-24(26-16-21-18-30-23(27-21)19-10-5-3-6-11-19)28-20-12-9-15-29(17-20)22-13-7-4-8-14-22/h3-8,10-11,13-14,18,20H,2,9,12,15-17H2,1H3,(H2,25,26,28). The molecule has 0 bridgehead atoms. The molecule has 6 nitrogen and oxygen atoms in total. The second-order valence-electron chi connectivity index (χ2n) is 7.47. The van der Waals surface area contributed by atoms with E-state index in [0.29, 0.717) is 18.5 Å². The lowest BCUT2D eigenvalue weighted by molar-refractivity contribution is 0.468. The minimum absolute atomic E-state index is 0.356. The van der Waals surface area contributed by atoms with Gasteiger partial charge >= 0.3 is 0 Å². The van der Waals surface area contributed by atoms with Crippen LogP contribution in [0, 0.1) is 0 Å². The molecule has 156 valence electrons. The van der Waals surface area contributed by atoms with Crippen LogP contribution >= 0.6 is 0 Å². The molecule has 0 radical (unpaired) electrons. The number of hydrogen-bond donors (Lipinski definition) is 2. The van der Waals surface area contributed by atoms with Crippen molar-refractivity contribution in [2.24, 2.45) is 4.99 Å². The van der Waals surface area contributed by atoms with Crippen LogP contribution in [0.2, 0.25) is 0 Å². The lowest BCUT2D eigenvalue weighted by atomic mass is 10.1. The lowest BCUT2D eigenvalue weighted by Gasteiger charge is -2.35. The predicted molar refractivity (Wildman–Crippen MR) is 122 cm³/mol. The first-order valence-corrected chi connectivity index (χ1v) is 10.7. The topological polar surface area (TPSA) is 65.7 Å². The van der Waals surface area contributed by atoms with Gasteiger partial charge in [-0.05, 0) is 44.0 Å². The molecule has 0 saturated carbocycles. The Balaban J connectivity index is 1.39. The normalized spacial score (nSPS) is 17.0. The molecule has 4 rings (SSSR count). The maximum Gasteiger partial charge on any atom is 0.226 e. The summed E-state index contributed by atoms with van der Waals surface area (Å²) >= 11 is 0. The second kappa shape index (κ2) is 9.96. The predicted octanol–water partition coefficient (Wildman–Crippen LogP) is 4.07. The summed E-state index contributed by atoms with van der Waals surface area (Å²) in [6.07, 6.45) is 3.98. The Morgan fingerprint density at radius 3 is 2.67 bits per heavy atom. The molecule has 1 aromatic heterocycles. The fourth-order valence-corrected chi connectivity index (χ4v) is 3.73. The van der Waals surface area contributed by atoms with Crippen LogP contribution in [0.5, 0.6) is 0 Å². The first-order chi connectivity index (χ1) is 14.8. The highest BCUT2D eigenvalue weighted by Gasteiger charge is 2.21. The summed E-state index contributed by atoms with van der Waals surface area (Å²) in [5, 5.41) is 6.96. The molecule has 6 heteroatoms. The number of anilines is 1. The van der Waals surface area contributed by atoms with Gasteiger partial charge in [0.15, 0.2) is 5.96 Å². The van der Waals surface area contributed by atoms with Crippen molar-refractivity contribution in [2.75, 3.05) is 24.5 Å². The van der Waals surface area contributed by atoms with Gasteiger partial charge in [-0.1, -0.05) is 36.4 Å². The zero-order valence-corrected chi connectivity index (χ0v) is 17.4. The molecule has 1 fully saturated rings. The van der Waals surface area contributed by atoms with Crippen LogP contribution in [0.25, 0.3) is 11.5 Å². The Labute approximate surface area is 178 Å². The van der Waals surface area contributed by atoms with Gasteiger partial charge < -0.3 is 20.0 Å². The second-order valence-corrected chi connectivity index (χ2v) is 7.47. The minimum Gasteiger partial charge on any atom is -0.444 e. The summed E-state index contributed by atoms with van der Waals surface area (Å²) in [6, 6.07) is 20.9. The zero-order chi connectivity index (χ0) is 20.6. The van der Waals surface area contributed by atoms with Crippen molar-refractivity contribution in [3.63, 3.8) is 0 Å². The Bertz CT molecular complexity index is 938. The van der Waals surface area contributed by atoms with Crippen molar-refractivity contribution < 1.29 is 4.42 Å². The van der Waals surface area contributed by atoms with Crippen LogP contribution in [-0.4, -0.2) is 36.6 Å². The molecule has 0 spiro atoms. The number of benzene rings is 2. The fourth-order valence-electron chi connectivity index (χ4n) is 3.73. The van der Waals surface area contributed by atoms with Gasteiger partial charge in [0.25, 0.3) is 0 Å². The number of nitrogens with one attached hydrogen (secondary N) is 2. The molecule has 1 aliphatic heterocycles. The van der Waals surface area contributed by atoms with Gasteiger partial charge in [0.2, 0.25) is 5.89 Å². The van der Waals surface area contributed by atoms with Crippen LogP contribution in [0.1, 0.15) is 25.5 Å². The van der Waals surface area contributed by atoms with Crippen LogP contribution in [0.4, 0.5) is 5.69 Å². The number of hydrogen-bond acceptors (Lipinski definition) is 4. The quantitative estimate of drug-likeness (QED) is 0.480. The van der Waals surface area contributed by atoms with Crippen molar-refractivity contribution in [3.05, 3.63) is 72.6 Å². The molecular weight excluding hydrogens is 374 g/mol. The van der Waals surface area contributed by atoms with Gasteiger partial charge in [-0.3, -0.25) is 0 Å². The van der Waals surface area contributed by atoms with E-state index in [0.717, 1.165) is 49.7 Å². The number of para-hydroxylation sites is 1. The Hall–Kier alpha value is -3.28. The fraction of sp³-hybridized carbons (Fsp3) is 0.333. The first kappa shape index (κ1) is 20.0. The first-order valence-electron chi connectivity index (χ1n) is 10.7. The summed E-state index contributed by atoms with van der Waals surface area (Å²) in [5.74, 6) is 1.45. The molecular formula is C24H29N5O. The van der Waals surface area contributed by atoms with Gasteiger partial charge in [-0.15, -0.1) is 0 Å². The van der Waals surface area contributed by atoms with Crippen LogP contribution in [0.15, 0.2) is 76.3 Å². The van der Waals surface area contributed by atoms with Gasteiger partial charge in [0, 0.05) is 36.9 Å². The maximum absolute atomic E-state index is 5.63. The number of aliphatic imine (C=N–C) groups is 1. The molecule has 1 aliphatic rings. The smallest absolute Gasteiger partial charge is 0.226 e. The van der Waals surface area contributed by atoms with Crippen molar-refractivity contribution in [1.29, 1.82) is 0 Å².